The van der Waals surface area contributed by atoms with Gasteiger partial charge in [0.2, 0.25) is 0 Å². The third kappa shape index (κ3) is 2.36. The van der Waals surface area contributed by atoms with Gasteiger partial charge in [0.05, 0.1) is 13.3 Å². The lowest BCUT2D eigenvalue weighted by atomic mass is 10.3. The van der Waals surface area contributed by atoms with Crippen LogP contribution in [0.1, 0.15) is 6.42 Å². The van der Waals surface area contributed by atoms with Gasteiger partial charge in [-0.15, -0.1) is 0 Å². The van der Waals surface area contributed by atoms with Gasteiger partial charge in [-0.2, -0.15) is 0 Å². The first-order valence-electron chi connectivity index (χ1n) is 5.21. The minimum absolute atomic E-state index is 0.749. The fraction of sp³-hybridized carbons (Fsp3) is 0.600. The molecule has 0 amide bonds. The van der Waals surface area contributed by atoms with E-state index in [1.165, 1.54) is 0 Å². The molecule has 1 N–H and O–H groups in total. The quantitative estimate of drug-likeness (QED) is 0.756. The van der Waals surface area contributed by atoms with E-state index in [0.717, 1.165) is 44.2 Å². The van der Waals surface area contributed by atoms with Gasteiger partial charge < -0.3 is 15.0 Å². The van der Waals surface area contributed by atoms with Crippen molar-refractivity contribution in [2.45, 2.75) is 6.42 Å². The summed E-state index contributed by atoms with van der Waals surface area (Å²) in [5.74, 6) is 1.65. The van der Waals surface area contributed by atoms with Gasteiger partial charge in [0.1, 0.15) is 6.33 Å². The van der Waals surface area contributed by atoms with Crippen molar-refractivity contribution in [2.75, 3.05) is 38.2 Å². The molecule has 0 saturated carbocycles. The van der Waals surface area contributed by atoms with Gasteiger partial charge in [0.25, 0.3) is 0 Å². The van der Waals surface area contributed by atoms with E-state index in [9.17, 15) is 0 Å². The molecule has 0 atom stereocenters. The molecule has 1 aliphatic rings. The van der Waals surface area contributed by atoms with Crippen LogP contribution in [0.5, 0.6) is 5.75 Å². The first kappa shape index (κ1) is 10.2. The summed E-state index contributed by atoms with van der Waals surface area (Å²) < 4.78 is 5.25. The van der Waals surface area contributed by atoms with E-state index in [1.54, 1.807) is 19.6 Å². The molecule has 2 heterocycles. The number of ether oxygens (including phenoxy) is 1. The molecule has 0 aromatic carbocycles. The van der Waals surface area contributed by atoms with Crippen LogP contribution in [0.15, 0.2) is 12.5 Å². The van der Waals surface area contributed by atoms with Crippen molar-refractivity contribution in [1.82, 2.24) is 15.3 Å². The zero-order valence-electron chi connectivity index (χ0n) is 8.94. The molecule has 1 aromatic rings. The highest BCUT2D eigenvalue weighted by atomic mass is 16.5. The monoisotopic (exact) mass is 208 g/mol. The molecule has 1 fully saturated rings. The van der Waals surface area contributed by atoms with Crippen LogP contribution in [0, 0.1) is 0 Å². The van der Waals surface area contributed by atoms with Crippen molar-refractivity contribution >= 4 is 5.82 Å². The van der Waals surface area contributed by atoms with Crippen LogP contribution in [0.4, 0.5) is 5.82 Å². The molecule has 5 heteroatoms. The lowest BCUT2D eigenvalue weighted by Gasteiger charge is -2.22. The van der Waals surface area contributed by atoms with Crippen LogP contribution < -0.4 is 15.0 Å². The Morgan fingerprint density at radius 3 is 3.20 bits per heavy atom. The fourth-order valence-corrected chi connectivity index (χ4v) is 1.75. The molecule has 0 radical (unpaired) electrons. The van der Waals surface area contributed by atoms with Crippen molar-refractivity contribution in [3.8, 4) is 5.75 Å². The standard InChI is InChI=1S/C10H16N4O/c1-15-9-7-12-8-13-10(9)14-5-2-3-11-4-6-14/h7-8,11H,2-6H2,1H3. The Kier molecular flexibility index (Phi) is 3.34. The van der Waals surface area contributed by atoms with E-state index in [1.807, 2.05) is 0 Å². The Labute approximate surface area is 89.5 Å². The summed E-state index contributed by atoms with van der Waals surface area (Å²) in [4.78, 5) is 10.5. The molecule has 0 aliphatic carbocycles. The van der Waals surface area contributed by atoms with Crippen LogP contribution in [0.2, 0.25) is 0 Å². The number of rotatable bonds is 2. The molecule has 1 aliphatic heterocycles. The number of hydrogen-bond acceptors (Lipinski definition) is 5. The van der Waals surface area contributed by atoms with Gasteiger partial charge in [-0.25, -0.2) is 9.97 Å². The summed E-state index contributed by atoms with van der Waals surface area (Å²) in [7, 11) is 1.65. The highest BCUT2D eigenvalue weighted by Gasteiger charge is 2.14. The number of aromatic nitrogens is 2. The zero-order chi connectivity index (χ0) is 10.5. The van der Waals surface area contributed by atoms with Gasteiger partial charge >= 0.3 is 0 Å². The van der Waals surface area contributed by atoms with E-state index in [2.05, 4.69) is 20.2 Å². The summed E-state index contributed by atoms with van der Waals surface area (Å²) in [6.45, 7) is 4.05. The number of nitrogens with one attached hydrogen (secondary N) is 1. The fourth-order valence-electron chi connectivity index (χ4n) is 1.75. The Bertz CT molecular complexity index is 310. The second-order valence-electron chi connectivity index (χ2n) is 3.51. The predicted molar refractivity (Wildman–Crippen MR) is 58.3 cm³/mol. The third-order valence-corrected chi connectivity index (χ3v) is 2.52. The maximum atomic E-state index is 5.25. The molecular formula is C10H16N4O. The topological polar surface area (TPSA) is 50.3 Å². The van der Waals surface area contributed by atoms with Crippen molar-refractivity contribution in [3.05, 3.63) is 12.5 Å². The maximum absolute atomic E-state index is 5.25. The number of anilines is 1. The van der Waals surface area contributed by atoms with Crippen LogP contribution >= 0.6 is 0 Å². The zero-order valence-corrected chi connectivity index (χ0v) is 8.94. The number of nitrogens with zero attached hydrogens (tertiary/aromatic N) is 3. The highest BCUT2D eigenvalue weighted by Crippen LogP contribution is 2.23. The van der Waals surface area contributed by atoms with Gasteiger partial charge in [-0.05, 0) is 13.0 Å². The summed E-state index contributed by atoms with van der Waals surface area (Å²) in [6, 6.07) is 0. The van der Waals surface area contributed by atoms with E-state index in [4.69, 9.17) is 4.74 Å². The SMILES string of the molecule is COc1cncnc1N1CCCNCC1. The largest absolute Gasteiger partial charge is 0.491 e. The minimum Gasteiger partial charge on any atom is -0.491 e. The lowest BCUT2D eigenvalue weighted by Crippen LogP contribution is -2.29. The van der Waals surface area contributed by atoms with E-state index in [-0.39, 0.29) is 0 Å². The Morgan fingerprint density at radius 1 is 1.40 bits per heavy atom. The molecule has 0 bridgehead atoms. The molecule has 0 unspecified atom stereocenters. The third-order valence-electron chi connectivity index (χ3n) is 2.52. The van der Waals surface area contributed by atoms with Crippen molar-refractivity contribution < 1.29 is 4.74 Å². The first-order chi connectivity index (χ1) is 7.42. The molecule has 82 valence electrons. The van der Waals surface area contributed by atoms with Crippen LogP contribution in [-0.4, -0.2) is 43.3 Å². The average Bonchev–Trinajstić information content (AvgIpc) is 2.57. The molecule has 2 rings (SSSR count). The summed E-state index contributed by atoms with van der Waals surface area (Å²) in [6.07, 6.45) is 4.41. The Morgan fingerprint density at radius 2 is 2.33 bits per heavy atom. The normalized spacial score (nSPS) is 17.3. The molecule has 1 saturated heterocycles. The second-order valence-corrected chi connectivity index (χ2v) is 3.51. The van der Waals surface area contributed by atoms with Gasteiger partial charge in [-0.3, -0.25) is 0 Å². The molecular weight excluding hydrogens is 192 g/mol. The summed E-state index contributed by atoms with van der Waals surface area (Å²) >= 11 is 0. The Balaban J connectivity index is 2.18. The minimum atomic E-state index is 0.749. The van der Waals surface area contributed by atoms with Crippen molar-refractivity contribution in [2.24, 2.45) is 0 Å². The van der Waals surface area contributed by atoms with E-state index in [0.29, 0.717) is 0 Å². The summed E-state index contributed by atoms with van der Waals surface area (Å²) in [5, 5.41) is 3.36. The van der Waals surface area contributed by atoms with Crippen LogP contribution in [0.25, 0.3) is 0 Å². The van der Waals surface area contributed by atoms with Gasteiger partial charge in [-0.1, -0.05) is 0 Å². The van der Waals surface area contributed by atoms with Gasteiger partial charge in [0.15, 0.2) is 11.6 Å². The number of methoxy groups -OCH3 is 1. The first-order valence-corrected chi connectivity index (χ1v) is 5.21. The lowest BCUT2D eigenvalue weighted by molar-refractivity contribution is 0.410. The molecule has 0 spiro atoms. The Hall–Kier alpha value is -1.36. The highest BCUT2D eigenvalue weighted by molar-refractivity contribution is 5.50. The van der Waals surface area contributed by atoms with Crippen molar-refractivity contribution in [3.63, 3.8) is 0 Å². The van der Waals surface area contributed by atoms with Crippen LogP contribution in [0.3, 0.4) is 0 Å². The summed E-state index contributed by atoms with van der Waals surface area (Å²) in [5.41, 5.74) is 0. The molecule has 15 heavy (non-hydrogen) atoms. The average molecular weight is 208 g/mol. The predicted octanol–water partition coefficient (Wildman–Crippen LogP) is 0.285. The van der Waals surface area contributed by atoms with Crippen molar-refractivity contribution in [1.29, 1.82) is 0 Å². The van der Waals surface area contributed by atoms with Gasteiger partial charge in [0, 0.05) is 19.6 Å². The van der Waals surface area contributed by atoms with E-state index < -0.39 is 0 Å². The smallest absolute Gasteiger partial charge is 0.179 e. The number of hydrogen-bond donors (Lipinski definition) is 1. The maximum Gasteiger partial charge on any atom is 0.179 e. The van der Waals surface area contributed by atoms with E-state index >= 15 is 0 Å². The molecule has 5 nitrogen and oxygen atoms in total. The second kappa shape index (κ2) is 4.93. The molecule has 1 aromatic heterocycles. The van der Waals surface area contributed by atoms with Crippen LogP contribution in [-0.2, 0) is 0 Å².